The third-order valence-electron chi connectivity index (χ3n) is 2.95. The summed E-state index contributed by atoms with van der Waals surface area (Å²) in [5, 5.41) is 3.33. The van der Waals surface area contributed by atoms with Gasteiger partial charge in [-0.25, -0.2) is 0 Å². The largest absolute Gasteiger partial charge is 0.325 e. The highest BCUT2D eigenvalue weighted by Crippen LogP contribution is 2.19. The van der Waals surface area contributed by atoms with Crippen molar-refractivity contribution in [3.63, 3.8) is 0 Å². The Morgan fingerprint density at radius 2 is 1.68 bits per heavy atom. The van der Waals surface area contributed by atoms with Crippen LogP contribution in [0.25, 0.3) is 0 Å². The lowest BCUT2D eigenvalue weighted by Gasteiger charge is -2.20. The molecule has 114 valence electrons. The van der Waals surface area contributed by atoms with Gasteiger partial charge in [-0.3, -0.25) is 9.59 Å². The summed E-state index contributed by atoms with van der Waals surface area (Å²) in [5.74, 6) is -0.478. The molecule has 0 aliphatic rings. The number of anilines is 2. The summed E-state index contributed by atoms with van der Waals surface area (Å²) >= 11 is 9.14. The van der Waals surface area contributed by atoms with Crippen molar-refractivity contribution in [2.75, 3.05) is 16.8 Å². The summed E-state index contributed by atoms with van der Waals surface area (Å²) in [5.41, 5.74) is 1.30. The van der Waals surface area contributed by atoms with Gasteiger partial charge in [0.1, 0.15) is 6.54 Å². The summed E-state index contributed by atoms with van der Waals surface area (Å²) in [6.07, 6.45) is 0. The highest BCUT2D eigenvalue weighted by atomic mass is 79.9. The maximum absolute atomic E-state index is 12.1. The molecule has 0 saturated carbocycles. The molecule has 0 aliphatic carbocycles. The fraction of sp³-hybridized carbons (Fsp3) is 0.125. The number of hydrogen-bond acceptors (Lipinski definition) is 2. The van der Waals surface area contributed by atoms with Crippen LogP contribution in [0.1, 0.15) is 6.92 Å². The molecule has 0 heterocycles. The molecule has 2 amide bonds. The predicted octanol–water partition coefficient (Wildman–Crippen LogP) is 4.09. The zero-order valence-corrected chi connectivity index (χ0v) is 14.2. The monoisotopic (exact) mass is 380 g/mol. The van der Waals surface area contributed by atoms with E-state index >= 15 is 0 Å². The number of nitrogens with one attached hydrogen (secondary N) is 1. The van der Waals surface area contributed by atoms with Crippen LogP contribution in [0.2, 0.25) is 5.02 Å². The predicted molar refractivity (Wildman–Crippen MR) is 92.3 cm³/mol. The van der Waals surface area contributed by atoms with Gasteiger partial charge in [-0.2, -0.15) is 0 Å². The van der Waals surface area contributed by atoms with Gasteiger partial charge in [0.25, 0.3) is 0 Å². The van der Waals surface area contributed by atoms with Crippen LogP contribution in [0.3, 0.4) is 0 Å². The summed E-state index contributed by atoms with van der Waals surface area (Å²) in [4.78, 5) is 25.3. The van der Waals surface area contributed by atoms with Crippen molar-refractivity contribution < 1.29 is 9.59 Å². The Bertz CT molecular complexity index is 672. The Kier molecular flexibility index (Phi) is 5.57. The minimum Gasteiger partial charge on any atom is -0.325 e. The lowest BCUT2D eigenvalue weighted by Crippen LogP contribution is -2.36. The van der Waals surface area contributed by atoms with E-state index in [0.717, 1.165) is 4.47 Å². The van der Waals surface area contributed by atoms with Gasteiger partial charge in [0, 0.05) is 27.8 Å². The third-order valence-corrected chi connectivity index (χ3v) is 3.73. The van der Waals surface area contributed by atoms with Crippen molar-refractivity contribution >= 4 is 50.7 Å². The molecular formula is C16H14BrClN2O2. The summed E-state index contributed by atoms with van der Waals surface area (Å²) in [6, 6.07) is 14.0. The van der Waals surface area contributed by atoms with Gasteiger partial charge < -0.3 is 10.2 Å². The second kappa shape index (κ2) is 7.42. The zero-order chi connectivity index (χ0) is 16.1. The summed E-state index contributed by atoms with van der Waals surface area (Å²) < 4.78 is 0.908. The number of benzene rings is 2. The molecule has 22 heavy (non-hydrogen) atoms. The van der Waals surface area contributed by atoms with Crippen molar-refractivity contribution in [1.29, 1.82) is 0 Å². The Morgan fingerprint density at radius 1 is 1.09 bits per heavy atom. The Morgan fingerprint density at radius 3 is 2.23 bits per heavy atom. The maximum Gasteiger partial charge on any atom is 0.244 e. The van der Waals surface area contributed by atoms with Gasteiger partial charge in [0.05, 0.1) is 0 Å². The fourth-order valence-electron chi connectivity index (χ4n) is 1.88. The first-order valence-electron chi connectivity index (χ1n) is 6.55. The summed E-state index contributed by atoms with van der Waals surface area (Å²) in [6.45, 7) is 1.37. The van der Waals surface area contributed by atoms with Gasteiger partial charge in [-0.05, 0) is 48.5 Å². The molecule has 0 spiro atoms. The van der Waals surface area contributed by atoms with Gasteiger partial charge >= 0.3 is 0 Å². The molecule has 0 fully saturated rings. The van der Waals surface area contributed by atoms with Gasteiger partial charge in [0.2, 0.25) is 11.8 Å². The highest BCUT2D eigenvalue weighted by Gasteiger charge is 2.15. The van der Waals surface area contributed by atoms with E-state index in [4.69, 9.17) is 11.6 Å². The minimum atomic E-state index is -0.277. The molecule has 2 rings (SSSR count). The van der Waals surface area contributed by atoms with Crippen LogP contribution >= 0.6 is 27.5 Å². The minimum absolute atomic E-state index is 0.0560. The van der Waals surface area contributed by atoms with Crippen LogP contribution in [-0.4, -0.2) is 18.4 Å². The molecular weight excluding hydrogens is 368 g/mol. The number of amides is 2. The van der Waals surface area contributed by atoms with E-state index in [-0.39, 0.29) is 18.4 Å². The Hall–Kier alpha value is -1.85. The van der Waals surface area contributed by atoms with Crippen LogP contribution < -0.4 is 10.2 Å². The first-order valence-corrected chi connectivity index (χ1v) is 7.72. The fourth-order valence-corrected chi connectivity index (χ4v) is 2.27. The number of nitrogens with zero attached hydrogens (tertiary/aromatic N) is 1. The van der Waals surface area contributed by atoms with E-state index in [9.17, 15) is 9.59 Å². The maximum atomic E-state index is 12.1. The van der Waals surface area contributed by atoms with Crippen LogP contribution in [0.15, 0.2) is 53.0 Å². The molecule has 2 aromatic carbocycles. The average Bonchev–Trinajstić information content (AvgIpc) is 2.48. The van der Waals surface area contributed by atoms with Gasteiger partial charge in [-0.15, -0.1) is 0 Å². The number of rotatable bonds is 4. The van der Waals surface area contributed by atoms with Crippen molar-refractivity contribution in [1.82, 2.24) is 0 Å². The van der Waals surface area contributed by atoms with E-state index in [0.29, 0.717) is 16.4 Å². The van der Waals surface area contributed by atoms with E-state index in [1.807, 2.05) is 12.1 Å². The van der Waals surface area contributed by atoms with Crippen molar-refractivity contribution in [2.45, 2.75) is 6.92 Å². The molecule has 6 heteroatoms. The van der Waals surface area contributed by atoms with Gasteiger partial charge in [-0.1, -0.05) is 27.5 Å². The number of carbonyl (C=O) groups is 2. The SMILES string of the molecule is CC(=O)N(CC(=O)Nc1ccc(Cl)cc1)c1ccc(Br)cc1. The van der Waals surface area contributed by atoms with Gasteiger partial charge in [0.15, 0.2) is 0 Å². The molecule has 1 N–H and O–H groups in total. The zero-order valence-electron chi connectivity index (χ0n) is 11.8. The number of hydrogen-bond donors (Lipinski definition) is 1. The normalized spacial score (nSPS) is 10.1. The van der Waals surface area contributed by atoms with E-state index in [2.05, 4.69) is 21.2 Å². The Labute approximate surface area is 142 Å². The standard InChI is InChI=1S/C16H14BrClN2O2/c1-11(21)20(15-8-2-12(17)3-9-15)10-16(22)19-14-6-4-13(18)5-7-14/h2-9H,10H2,1H3,(H,19,22). The number of halogens is 2. The summed E-state index contributed by atoms with van der Waals surface area (Å²) in [7, 11) is 0. The molecule has 0 saturated heterocycles. The smallest absolute Gasteiger partial charge is 0.244 e. The molecule has 2 aromatic rings. The lowest BCUT2D eigenvalue weighted by molar-refractivity contribution is -0.120. The third kappa shape index (κ3) is 4.58. The topological polar surface area (TPSA) is 49.4 Å². The molecule has 0 aromatic heterocycles. The Balaban J connectivity index is 2.07. The van der Waals surface area contributed by atoms with Crippen LogP contribution in [0.5, 0.6) is 0 Å². The van der Waals surface area contributed by atoms with Crippen LogP contribution in [0, 0.1) is 0 Å². The van der Waals surface area contributed by atoms with E-state index < -0.39 is 0 Å². The van der Waals surface area contributed by atoms with Crippen molar-refractivity contribution in [2.24, 2.45) is 0 Å². The molecule has 0 radical (unpaired) electrons. The average molecular weight is 382 g/mol. The second-order valence-electron chi connectivity index (χ2n) is 4.64. The molecule has 0 bridgehead atoms. The highest BCUT2D eigenvalue weighted by molar-refractivity contribution is 9.10. The van der Waals surface area contributed by atoms with Crippen molar-refractivity contribution in [3.8, 4) is 0 Å². The quantitative estimate of drug-likeness (QED) is 0.867. The van der Waals surface area contributed by atoms with Crippen molar-refractivity contribution in [3.05, 3.63) is 58.0 Å². The first kappa shape index (κ1) is 16.5. The molecule has 0 unspecified atom stereocenters. The van der Waals surface area contributed by atoms with E-state index in [1.165, 1.54) is 11.8 Å². The molecule has 0 aliphatic heterocycles. The van der Waals surface area contributed by atoms with Crippen LogP contribution in [-0.2, 0) is 9.59 Å². The van der Waals surface area contributed by atoms with Crippen LogP contribution in [0.4, 0.5) is 11.4 Å². The van der Waals surface area contributed by atoms with E-state index in [1.54, 1.807) is 36.4 Å². The first-order chi connectivity index (χ1) is 10.5. The molecule has 0 atom stereocenters. The molecule has 4 nitrogen and oxygen atoms in total. The lowest BCUT2D eigenvalue weighted by atomic mass is 10.2. The second-order valence-corrected chi connectivity index (χ2v) is 5.99. The number of carbonyl (C=O) groups excluding carboxylic acids is 2.